The molecule has 7 nitrogen and oxygen atoms in total. The van der Waals surface area contributed by atoms with Crippen LogP contribution in [0.1, 0.15) is 39.4 Å². The van der Waals surface area contributed by atoms with Crippen LogP contribution in [-0.2, 0) is 31.5 Å². The summed E-state index contributed by atoms with van der Waals surface area (Å²) in [6.45, 7) is 3.37. The van der Waals surface area contributed by atoms with E-state index in [-0.39, 0.29) is 17.7 Å². The molecule has 1 amide bonds. The van der Waals surface area contributed by atoms with Crippen LogP contribution < -0.4 is 5.32 Å². The molecule has 0 bridgehead atoms. The number of esters is 2. The van der Waals surface area contributed by atoms with Crippen molar-refractivity contribution < 1.29 is 28.1 Å². The summed E-state index contributed by atoms with van der Waals surface area (Å²) in [5, 5.41) is 2.96. The predicted molar refractivity (Wildman–Crippen MR) is 107 cm³/mol. The molecule has 1 unspecified atom stereocenters. The number of benzene rings is 1. The van der Waals surface area contributed by atoms with Gasteiger partial charge in [-0.1, -0.05) is 6.92 Å². The lowest BCUT2D eigenvalue weighted by Gasteiger charge is -2.07. The Labute approximate surface area is 169 Å². The van der Waals surface area contributed by atoms with E-state index in [1.54, 1.807) is 25.1 Å². The Kier molecular flexibility index (Phi) is 7.89. The number of thiophene rings is 1. The second-order valence-corrected chi connectivity index (χ2v) is 8.15. The molecule has 1 N–H and O–H groups in total. The number of aryl methyl sites for hydroxylation is 1. The summed E-state index contributed by atoms with van der Waals surface area (Å²) in [6, 6.07) is 7.79. The van der Waals surface area contributed by atoms with E-state index in [2.05, 4.69) is 5.32 Å². The summed E-state index contributed by atoms with van der Waals surface area (Å²) < 4.78 is 21.4. The van der Waals surface area contributed by atoms with Crippen molar-refractivity contribution in [1.29, 1.82) is 0 Å². The van der Waals surface area contributed by atoms with Crippen LogP contribution in [0.15, 0.2) is 35.2 Å². The Morgan fingerprint density at radius 1 is 1.07 bits per heavy atom. The van der Waals surface area contributed by atoms with Crippen LogP contribution in [0.2, 0.25) is 0 Å². The molecule has 0 aliphatic heterocycles. The molecule has 0 radical (unpaired) electrons. The van der Waals surface area contributed by atoms with Gasteiger partial charge in [-0.15, -0.1) is 11.3 Å². The Morgan fingerprint density at radius 2 is 1.75 bits per heavy atom. The average molecular weight is 424 g/mol. The van der Waals surface area contributed by atoms with Gasteiger partial charge in [0.2, 0.25) is 0 Å². The molecule has 28 heavy (non-hydrogen) atoms. The molecule has 1 aromatic carbocycles. The number of anilines is 1. The molecule has 150 valence electrons. The van der Waals surface area contributed by atoms with Crippen LogP contribution in [-0.4, -0.2) is 41.5 Å². The van der Waals surface area contributed by atoms with Crippen LogP contribution >= 0.6 is 11.3 Å². The van der Waals surface area contributed by atoms with Crippen LogP contribution in [0.4, 0.5) is 5.00 Å². The first-order valence-corrected chi connectivity index (χ1v) is 10.9. The SMILES string of the molecule is CCOC(=O)c1cc(CC)sc1NC(=O)COC(=O)c1ccc(S(C)=O)cc1. The van der Waals surface area contributed by atoms with Crippen molar-refractivity contribution in [2.45, 2.75) is 25.2 Å². The number of ether oxygens (including phenoxy) is 2. The van der Waals surface area contributed by atoms with Crippen LogP contribution in [0.5, 0.6) is 0 Å². The summed E-state index contributed by atoms with van der Waals surface area (Å²) >= 11 is 1.27. The Balaban J connectivity index is 1.98. The molecule has 0 aliphatic carbocycles. The van der Waals surface area contributed by atoms with Crippen LogP contribution in [0, 0.1) is 0 Å². The quantitative estimate of drug-likeness (QED) is 0.656. The van der Waals surface area contributed by atoms with Crippen molar-refractivity contribution in [2.75, 3.05) is 24.8 Å². The first-order valence-electron chi connectivity index (χ1n) is 8.56. The predicted octanol–water partition coefficient (Wildman–Crippen LogP) is 3.02. The zero-order chi connectivity index (χ0) is 20.7. The van der Waals surface area contributed by atoms with Crippen molar-refractivity contribution in [2.24, 2.45) is 0 Å². The highest BCUT2D eigenvalue weighted by Crippen LogP contribution is 2.29. The number of carbonyl (C=O) groups is 3. The molecular formula is C19H21NO6S2. The maximum absolute atomic E-state index is 12.1. The lowest BCUT2D eigenvalue weighted by atomic mass is 10.2. The molecular weight excluding hydrogens is 402 g/mol. The summed E-state index contributed by atoms with van der Waals surface area (Å²) in [5.74, 6) is -1.75. The van der Waals surface area contributed by atoms with Crippen molar-refractivity contribution in [3.8, 4) is 0 Å². The van der Waals surface area contributed by atoms with Gasteiger partial charge >= 0.3 is 11.9 Å². The Morgan fingerprint density at radius 3 is 2.32 bits per heavy atom. The van der Waals surface area contributed by atoms with E-state index in [4.69, 9.17) is 9.47 Å². The van der Waals surface area contributed by atoms with E-state index in [1.165, 1.54) is 29.7 Å². The standard InChI is InChI=1S/C19H21NO6S2/c1-4-13-10-15(19(23)25-5-2)17(27-13)20-16(21)11-26-18(22)12-6-8-14(9-7-12)28(3)24/h6-10H,4-5,11H2,1-3H3,(H,20,21). The molecule has 0 aliphatic rings. The van der Waals surface area contributed by atoms with Crippen molar-refractivity contribution in [3.63, 3.8) is 0 Å². The normalized spacial score (nSPS) is 11.5. The topological polar surface area (TPSA) is 98.8 Å². The maximum atomic E-state index is 12.1. The van der Waals surface area contributed by atoms with Crippen LogP contribution in [0.3, 0.4) is 0 Å². The maximum Gasteiger partial charge on any atom is 0.341 e. The first kappa shape index (κ1) is 21.8. The highest BCUT2D eigenvalue weighted by molar-refractivity contribution is 7.84. The van der Waals surface area contributed by atoms with Gasteiger partial charge in [0, 0.05) is 26.8 Å². The minimum atomic E-state index is -1.14. The number of nitrogens with one attached hydrogen (secondary N) is 1. The molecule has 0 fully saturated rings. The summed E-state index contributed by atoms with van der Waals surface area (Å²) in [5.41, 5.74) is 0.533. The number of amides is 1. The summed E-state index contributed by atoms with van der Waals surface area (Å²) in [7, 11) is -1.14. The van der Waals surface area contributed by atoms with E-state index < -0.39 is 35.3 Å². The fraction of sp³-hybridized carbons (Fsp3) is 0.316. The molecule has 0 saturated heterocycles. The third-order valence-corrected chi connectivity index (χ3v) is 5.77. The summed E-state index contributed by atoms with van der Waals surface area (Å²) in [6.07, 6.45) is 2.25. The highest BCUT2D eigenvalue weighted by atomic mass is 32.2. The molecule has 2 aromatic rings. The van der Waals surface area contributed by atoms with Crippen molar-refractivity contribution >= 4 is 45.0 Å². The van der Waals surface area contributed by atoms with Gasteiger partial charge in [0.1, 0.15) is 5.00 Å². The van der Waals surface area contributed by atoms with Gasteiger partial charge in [-0.2, -0.15) is 0 Å². The zero-order valence-corrected chi connectivity index (χ0v) is 17.4. The van der Waals surface area contributed by atoms with Gasteiger partial charge in [-0.05, 0) is 43.7 Å². The van der Waals surface area contributed by atoms with E-state index in [9.17, 15) is 18.6 Å². The Hall–Kier alpha value is -2.52. The second kappa shape index (κ2) is 10.1. The fourth-order valence-corrected chi connectivity index (χ4v) is 3.75. The molecule has 2 rings (SSSR count). The van der Waals surface area contributed by atoms with Crippen LogP contribution in [0.25, 0.3) is 0 Å². The monoisotopic (exact) mass is 423 g/mol. The van der Waals surface area contributed by atoms with E-state index in [0.717, 1.165) is 4.88 Å². The van der Waals surface area contributed by atoms with Gasteiger partial charge < -0.3 is 14.8 Å². The van der Waals surface area contributed by atoms with Gasteiger partial charge in [0.05, 0.1) is 17.7 Å². The third kappa shape index (κ3) is 5.74. The molecule has 0 saturated carbocycles. The molecule has 1 atom stereocenters. The molecule has 1 aromatic heterocycles. The number of rotatable bonds is 8. The third-order valence-electron chi connectivity index (χ3n) is 3.64. The first-order chi connectivity index (χ1) is 13.3. The number of hydrogen-bond donors (Lipinski definition) is 1. The minimum absolute atomic E-state index is 0.228. The number of carbonyl (C=O) groups excluding carboxylic acids is 3. The second-order valence-electron chi connectivity index (χ2n) is 5.63. The summed E-state index contributed by atoms with van der Waals surface area (Å²) in [4.78, 5) is 37.7. The van der Waals surface area contributed by atoms with Gasteiger partial charge in [0.25, 0.3) is 5.91 Å². The van der Waals surface area contributed by atoms with E-state index >= 15 is 0 Å². The largest absolute Gasteiger partial charge is 0.462 e. The fourth-order valence-electron chi connectivity index (χ4n) is 2.23. The van der Waals surface area contributed by atoms with E-state index in [1.807, 2.05) is 6.92 Å². The zero-order valence-electron chi connectivity index (χ0n) is 15.8. The van der Waals surface area contributed by atoms with Gasteiger partial charge in [-0.3, -0.25) is 9.00 Å². The van der Waals surface area contributed by atoms with Crippen molar-refractivity contribution in [1.82, 2.24) is 0 Å². The average Bonchev–Trinajstić information content (AvgIpc) is 3.09. The lowest BCUT2D eigenvalue weighted by molar-refractivity contribution is -0.119. The lowest BCUT2D eigenvalue weighted by Crippen LogP contribution is -2.21. The smallest absolute Gasteiger partial charge is 0.341 e. The minimum Gasteiger partial charge on any atom is -0.462 e. The molecule has 9 heteroatoms. The van der Waals surface area contributed by atoms with Gasteiger partial charge in [-0.25, -0.2) is 9.59 Å². The highest BCUT2D eigenvalue weighted by Gasteiger charge is 2.19. The van der Waals surface area contributed by atoms with E-state index in [0.29, 0.717) is 16.3 Å². The molecule has 1 heterocycles. The number of hydrogen-bond acceptors (Lipinski definition) is 7. The Bertz CT molecular complexity index is 888. The molecule has 0 spiro atoms. The van der Waals surface area contributed by atoms with Crippen molar-refractivity contribution in [3.05, 3.63) is 46.3 Å². The van der Waals surface area contributed by atoms with Gasteiger partial charge in [0.15, 0.2) is 6.61 Å².